The lowest BCUT2D eigenvalue weighted by Gasteiger charge is -2.05. The van der Waals surface area contributed by atoms with Crippen LogP contribution in [0.3, 0.4) is 0 Å². The zero-order valence-corrected chi connectivity index (χ0v) is 13.7. The molecule has 3 rings (SSSR count). The third-order valence-corrected chi connectivity index (χ3v) is 3.80. The van der Waals surface area contributed by atoms with Crippen LogP contribution >= 0.6 is 0 Å². The van der Waals surface area contributed by atoms with Gasteiger partial charge in [-0.15, -0.1) is 0 Å². The highest BCUT2D eigenvalue weighted by molar-refractivity contribution is 5.94. The predicted molar refractivity (Wildman–Crippen MR) is 94.7 cm³/mol. The Kier molecular flexibility index (Phi) is 4.99. The van der Waals surface area contributed by atoms with Crippen molar-refractivity contribution in [1.29, 1.82) is 0 Å². The zero-order valence-electron chi connectivity index (χ0n) is 13.7. The lowest BCUT2D eigenvalue weighted by atomic mass is 10.1. The second kappa shape index (κ2) is 7.53. The van der Waals surface area contributed by atoms with Crippen LogP contribution < -0.4 is 10.6 Å². The Balaban J connectivity index is 1.66. The minimum atomic E-state index is -0.528. The molecule has 0 unspecified atom stereocenters. The molecule has 2 amide bonds. The summed E-state index contributed by atoms with van der Waals surface area (Å²) in [5.41, 5.74) is 2.93. The number of fused-ring (bicyclic) bond motifs is 1. The standard InChI is InChI=1S/C19H18N2O4/c1-24-19(23)21-15-7-8-17-16(11-15)14(12-25-17)9-10-20-18(22)13-5-3-2-4-6-13/h2-8,11-12H,9-10H2,1H3,(H,20,22)(H,21,23). The first-order valence-corrected chi connectivity index (χ1v) is 7.85. The lowest BCUT2D eigenvalue weighted by Crippen LogP contribution is -2.25. The third-order valence-electron chi connectivity index (χ3n) is 3.80. The smallest absolute Gasteiger partial charge is 0.411 e. The number of amides is 2. The van der Waals surface area contributed by atoms with Crippen molar-refractivity contribution in [3.63, 3.8) is 0 Å². The second-order valence-corrected chi connectivity index (χ2v) is 5.46. The first-order chi connectivity index (χ1) is 12.2. The number of hydrogen-bond donors (Lipinski definition) is 2. The number of carbonyl (C=O) groups excluding carboxylic acids is 2. The summed E-state index contributed by atoms with van der Waals surface area (Å²) in [5.74, 6) is -0.110. The molecule has 0 aliphatic carbocycles. The molecule has 0 radical (unpaired) electrons. The lowest BCUT2D eigenvalue weighted by molar-refractivity contribution is 0.0954. The summed E-state index contributed by atoms with van der Waals surface area (Å²) < 4.78 is 10.1. The SMILES string of the molecule is COC(=O)Nc1ccc2occ(CCNC(=O)c3ccccc3)c2c1. The first kappa shape index (κ1) is 16.6. The van der Waals surface area contributed by atoms with Gasteiger partial charge in [0.15, 0.2) is 0 Å². The highest BCUT2D eigenvalue weighted by Gasteiger charge is 2.10. The third kappa shape index (κ3) is 3.98. The Morgan fingerprint density at radius 3 is 2.68 bits per heavy atom. The molecule has 1 aromatic heterocycles. The van der Waals surface area contributed by atoms with Crippen LogP contribution in [0.15, 0.2) is 59.2 Å². The number of nitrogens with one attached hydrogen (secondary N) is 2. The molecule has 25 heavy (non-hydrogen) atoms. The van der Waals surface area contributed by atoms with Crippen molar-refractivity contribution in [3.05, 3.63) is 65.9 Å². The maximum Gasteiger partial charge on any atom is 0.411 e. The maximum atomic E-state index is 12.0. The largest absolute Gasteiger partial charge is 0.464 e. The van der Waals surface area contributed by atoms with Crippen molar-refractivity contribution in [2.75, 3.05) is 19.0 Å². The van der Waals surface area contributed by atoms with Crippen LogP contribution in [-0.4, -0.2) is 25.7 Å². The summed E-state index contributed by atoms with van der Waals surface area (Å²) in [6.07, 6.45) is 1.76. The van der Waals surface area contributed by atoms with Crippen LogP contribution in [-0.2, 0) is 11.2 Å². The van der Waals surface area contributed by atoms with Gasteiger partial charge in [0.1, 0.15) is 5.58 Å². The number of carbonyl (C=O) groups is 2. The summed E-state index contributed by atoms with van der Waals surface area (Å²) in [6, 6.07) is 14.4. The molecular formula is C19H18N2O4. The van der Waals surface area contributed by atoms with Crippen molar-refractivity contribution < 1.29 is 18.7 Å². The predicted octanol–water partition coefficient (Wildman–Crippen LogP) is 3.58. The van der Waals surface area contributed by atoms with Gasteiger partial charge in [-0.25, -0.2) is 4.79 Å². The fourth-order valence-electron chi connectivity index (χ4n) is 2.52. The van der Waals surface area contributed by atoms with Gasteiger partial charge in [0.05, 0.1) is 13.4 Å². The Labute approximate surface area is 144 Å². The van der Waals surface area contributed by atoms with E-state index in [9.17, 15) is 9.59 Å². The van der Waals surface area contributed by atoms with E-state index < -0.39 is 6.09 Å². The number of hydrogen-bond acceptors (Lipinski definition) is 4. The molecule has 0 atom stereocenters. The molecule has 6 nitrogen and oxygen atoms in total. The van der Waals surface area contributed by atoms with Crippen LogP contribution in [0.2, 0.25) is 0 Å². The minimum Gasteiger partial charge on any atom is -0.464 e. The Bertz CT molecular complexity index is 887. The Hall–Kier alpha value is -3.28. The van der Waals surface area contributed by atoms with Gasteiger partial charge in [0, 0.05) is 28.7 Å². The molecule has 3 aromatic rings. The van der Waals surface area contributed by atoms with Crippen LogP contribution in [0.1, 0.15) is 15.9 Å². The maximum absolute atomic E-state index is 12.0. The highest BCUT2D eigenvalue weighted by Crippen LogP contribution is 2.25. The normalized spacial score (nSPS) is 10.4. The van der Waals surface area contributed by atoms with E-state index in [1.165, 1.54) is 7.11 Å². The molecule has 0 spiro atoms. The van der Waals surface area contributed by atoms with E-state index in [1.54, 1.807) is 30.5 Å². The molecule has 128 valence electrons. The minimum absolute atomic E-state index is 0.110. The van der Waals surface area contributed by atoms with E-state index in [1.807, 2.05) is 24.3 Å². The van der Waals surface area contributed by atoms with E-state index in [-0.39, 0.29) is 5.91 Å². The highest BCUT2D eigenvalue weighted by atomic mass is 16.5. The van der Waals surface area contributed by atoms with Crippen molar-refractivity contribution >= 4 is 28.7 Å². The molecule has 1 heterocycles. The zero-order chi connectivity index (χ0) is 17.6. The number of furan rings is 1. The Morgan fingerprint density at radius 1 is 1.12 bits per heavy atom. The van der Waals surface area contributed by atoms with Gasteiger partial charge in [-0.3, -0.25) is 10.1 Å². The molecule has 0 saturated heterocycles. The summed E-state index contributed by atoms with van der Waals surface area (Å²) in [6.45, 7) is 0.483. The fourth-order valence-corrected chi connectivity index (χ4v) is 2.52. The topological polar surface area (TPSA) is 80.6 Å². The average molecular weight is 338 g/mol. The number of anilines is 1. The molecule has 0 fully saturated rings. The van der Waals surface area contributed by atoms with Crippen molar-refractivity contribution in [3.8, 4) is 0 Å². The second-order valence-electron chi connectivity index (χ2n) is 5.46. The van der Waals surface area contributed by atoms with Crippen LogP contribution in [0.25, 0.3) is 11.0 Å². The van der Waals surface area contributed by atoms with Gasteiger partial charge < -0.3 is 14.5 Å². The molecule has 0 aliphatic heterocycles. The van der Waals surface area contributed by atoms with Gasteiger partial charge >= 0.3 is 6.09 Å². The number of methoxy groups -OCH3 is 1. The van der Waals surface area contributed by atoms with Crippen LogP contribution in [0, 0.1) is 0 Å². The average Bonchev–Trinajstić information content (AvgIpc) is 3.04. The van der Waals surface area contributed by atoms with Gasteiger partial charge in [-0.2, -0.15) is 0 Å². The van der Waals surface area contributed by atoms with E-state index in [0.717, 1.165) is 16.5 Å². The summed E-state index contributed by atoms with van der Waals surface area (Å²) in [7, 11) is 1.31. The molecule has 0 bridgehead atoms. The monoisotopic (exact) mass is 338 g/mol. The number of benzene rings is 2. The van der Waals surface area contributed by atoms with Crippen LogP contribution in [0.4, 0.5) is 10.5 Å². The molecule has 0 saturated carbocycles. The van der Waals surface area contributed by atoms with Crippen molar-refractivity contribution in [1.82, 2.24) is 5.32 Å². The van der Waals surface area contributed by atoms with Crippen LogP contribution in [0.5, 0.6) is 0 Å². The van der Waals surface area contributed by atoms with Gasteiger partial charge in [-0.1, -0.05) is 18.2 Å². The van der Waals surface area contributed by atoms with Crippen molar-refractivity contribution in [2.45, 2.75) is 6.42 Å². The molecule has 6 heteroatoms. The Morgan fingerprint density at radius 2 is 1.92 bits per heavy atom. The molecule has 2 N–H and O–H groups in total. The number of rotatable bonds is 5. The van der Waals surface area contributed by atoms with Gasteiger partial charge in [0.2, 0.25) is 0 Å². The first-order valence-electron chi connectivity index (χ1n) is 7.85. The fraction of sp³-hybridized carbons (Fsp3) is 0.158. The molecular weight excluding hydrogens is 320 g/mol. The summed E-state index contributed by atoms with van der Waals surface area (Å²) in [5, 5.41) is 6.40. The summed E-state index contributed by atoms with van der Waals surface area (Å²) in [4.78, 5) is 23.4. The van der Waals surface area contributed by atoms with E-state index in [0.29, 0.717) is 24.2 Å². The van der Waals surface area contributed by atoms with Gasteiger partial charge in [-0.05, 0) is 36.8 Å². The van der Waals surface area contributed by atoms with Gasteiger partial charge in [0.25, 0.3) is 5.91 Å². The summed E-state index contributed by atoms with van der Waals surface area (Å²) >= 11 is 0. The van der Waals surface area contributed by atoms with Crippen molar-refractivity contribution in [2.24, 2.45) is 0 Å². The van der Waals surface area contributed by atoms with E-state index in [4.69, 9.17) is 4.42 Å². The van der Waals surface area contributed by atoms with E-state index in [2.05, 4.69) is 15.4 Å². The molecule has 0 aliphatic rings. The quantitative estimate of drug-likeness (QED) is 0.745. The molecule has 2 aromatic carbocycles. The number of ether oxygens (including phenoxy) is 1. The van der Waals surface area contributed by atoms with E-state index >= 15 is 0 Å².